The van der Waals surface area contributed by atoms with Crippen molar-refractivity contribution in [2.75, 3.05) is 19.5 Å². The highest BCUT2D eigenvalue weighted by molar-refractivity contribution is 6.10. The van der Waals surface area contributed by atoms with Gasteiger partial charge in [-0.15, -0.1) is 0 Å². The summed E-state index contributed by atoms with van der Waals surface area (Å²) in [5, 5.41) is 5.28. The number of nitrogens with one attached hydrogen (secondary N) is 2. The first-order valence-corrected chi connectivity index (χ1v) is 9.87. The van der Waals surface area contributed by atoms with Gasteiger partial charge >= 0.3 is 0 Å². The maximum absolute atomic E-state index is 12.4. The first kappa shape index (κ1) is 19.6. The molecule has 0 aliphatic carbocycles. The molecule has 3 aromatic carbocycles. The summed E-state index contributed by atoms with van der Waals surface area (Å²) in [5.74, 6) is 1.07. The standard InChI is InChI=1S/C25H24N2O3/c1-4-17-6-5-7-20-19-11-10-18(15-21(19)27-25(17)20)26-24(28)13-9-16-8-12-22(29-2)23(14-16)30-3/h5-15,27H,4H2,1-3H3,(H,26,28)/b13-9+. The summed E-state index contributed by atoms with van der Waals surface area (Å²) in [5.41, 5.74) is 5.04. The van der Waals surface area contributed by atoms with Gasteiger partial charge in [0.2, 0.25) is 5.91 Å². The first-order chi connectivity index (χ1) is 14.6. The number of benzene rings is 3. The molecule has 4 aromatic rings. The molecule has 0 saturated carbocycles. The number of hydrogen-bond acceptors (Lipinski definition) is 3. The van der Waals surface area contributed by atoms with Gasteiger partial charge in [0.05, 0.1) is 14.2 Å². The third kappa shape index (κ3) is 3.74. The number of hydrogen-bond donors (Lipinski definition) is 2. The minimum absolute atomic E-state index is 0.200. The van der Waals surface area contributed by atoms with Gasteiger partial charge in [0.25, 0.3) is 0 Å². The van der Waals surface area contributed by atoms with Crippen molar-refractivity contribution < 1.29 is 14.3 Å². The zero-order valence-corrected chi connectivity index (χ0v) is 17.3. The molecule has 30 heavy (non-hydrogen) atoms. The number of fused-ring (bicyclic) bond motifs is 3. The number of methoxy groups -OCH3 is 2. The fourth-order valence-electron chi connectivity index (χ4n) is 3.67. The van der Waals surface area contributed by atoms with Gasteiger partial charge in [-0.2, -0.15) is 0 Å². The quantitative estimate of drug-likeness (QED) is 0.417. The molecular weight excluding hydrogens is 376 g/mol. The van der Waals surface area contributed by atoms with E-state index >= 15 is 0 Å². The third-order valence-corrected chi connectivity index (χ3v) is 5.20. The topological polar surface area (TPSA) is 63.4 Å². The molecule has 0 atom stereocenters. The van der Waals surface area contributed by atoms with Gasteiger partial charge in [0.1, 0.15) is 0 Å². The van der Waals surface area contributed by atoms with Crippen molar-refractivity contribution in [1.29, 1.82) is 0 Å². The van der Waals surface area contributed by atoms with E-state index in [1.165, 1.54) is 17.0 Å². The molecule has 0 aliphatic rings. The zero-order valence-electron chi connectivity index (χ0n) is 17.3. The van der Waals surface area contributed by atoms with Crippen LogP contribution in [0.25, 0.3) is 27.9 Å². The second-order valence-electron chi connectivity index (χ2n) is 7.02. The highest BCUT2D eigenvalue weighted by Gasteiger charge is 2.08. The molecule has 0 fully saturated rings. The summed E-state index contributed by atoms with van der Waals surface area (Å²) in [4.78, 5) is 15.9. The van der Waals surface area contributed by atoms with Crippen LogP contribution >= 0.6 is 0 Å². The van der Waals surface area contributed by atoms with E-state index in [-0.39, 0.29) is 5.91 Å². The van der Waals surface area contributed by atoms with Gasteiger partial charge in [-0.25, -0.2) is 0 Å². The maximum atomic E-state index is 12.4. The summed E-state index contributed by atoms with van der Waals surface area (Å²) in [6, 6.07) is 17.8. The highest BCUT2D eigenvalue weighted by Crippen LogP contribution is 2.30. The number of amides is 1. The van der Waals surface area contributed by atoms with Crippen LogP contribution in [-0.4, -0.2) is 25.1 Å². The Balaban J connectivity index is 1.54. The number of aromatic nitrogens is 1. The summed E-state index contributed by atoms with van der Waals surface area (Å²) >= 11 is 0. The average Bonchev–Trinajstić information content (AvgIpc) is 3.15. The molecule has 152 valence electrons. The number of rotatable bonds is 6. The normalized spacial score (nSPS) is 11.3. The lowest BCUT2D eigenvalue weighted by Gasteiger charge is -2.07. The molecule has 2 N–H and O–H groups in total. The second kappa shape index (κ2) is 8.33. The van der Waals surface area contributed by atoms with Crippen LogP contribution in [0.5, 0.6) is 11.5 Å². The summed E-state index contributed by atoms with van der Waals surface area (Å²) in [6.45, 7) is 2.15. The van der Waals surface area contributed by atoms with Crippen LogP contribution < -0.4 is 14.8 Å². The largest absolute Gasteiger partial charge is 0.493 e. The minimum Gasteiger partial charge on any atom is -0.493 e. The van der Waals surface area contributed by atoms with Gasteiger partial charge in [0.15, 0.2) is 11.5 Å². The third-order valence-electron chi connectivity index (χ3n) is 5.20. The molecule has 1 heterocycles. The van der Waals surface area contributed by atoms with Crippen molar-refractivity contribution >= 4 is 39.5 Å². The highest BCUT2D eigenvalue weighted by atomic mass is 16.5. The van der Waals surface area contributed by atoms with E-state index in [4.69, 9.17) is 9.47 Å². The molecule has 0 saturated heterocycles. The number of anilines is 1. The lowest BCUT2D eigenvalue weighted by atomic mass is 10.1. The monoisotopic (exact) mass is 400 g/mol. The van der Waals surface area contributed by atoms with Crippen LogP contribution in [0.1, 0.15) is 18.1 Å². The summed E-state index contributed by atoms with van der Waals surface area (Å²) in [7, 11) is 3.18. The Kier molecular flexibility index (Phi) is 5.44. The molecule has 5 heteroatoms. The number of carbonyl (C=O) groups is 1. The number of aromatic amines is 1. The van der Waals surface area contributed by atoms with E-state index in [1.807, 2.05) is 36.4 Å². The predicted molar refractivity (Wildman–Crippen MR) is 122 cm³/mol. The molecular formula is C25H24N2O3. The van der Waals surface area contributed by atoms with Gasteiger partial charge in [0, 0.05) is 33.6 Å². The smallest absolute Gasteiger partial charge is 0.248 e. The van der Waals surface area contributed by atoms with Gasteiger partial charge in [-0.1, -0.05) is 37.3 Å². The van der Waals surface area contributed by atoms with E-state index in [1.54, 1.807) is 20.3 Å². The molecule has 0 aliphatic heterocycles. The number of carbonyl (C=O) groups excluding carboxylic acids is 1. The van der Waals surface area contributed by atoms with Crippen LogP contribution in [0.3, 0.4) is 0 Å². The Morgan fingerprint density at radius 1 is 1.00 bits per heavy atom. The number of para-hydroxylation sites is 1. The van der Waals surface area contributed by atoms with Crippen molar-refractivity contribution in [2.24, 2.45) is 0 Å². The van der Waals surface area contributed by atoms with Crippen LogP contribution in [-0.2, 0) is 11.2 Å². The molecule has 0 radical (unpaired) electrons. The summed E-state index contributed by atoms with van der Waals surface area (Å²) in [6.07, 6.45) is 4.22. The van der Waals surface area contributed by atoms with E-state index in [0.717, 1.165) is 34.1 Å². The Morgan fingerprint density at radius 2 is 1.83 bits per heavy atom. The van der Waals surface area contributed by atoms with Crippen LogP contribution in [0.15, 0.2) is 60.7 Å². The van der Waals surface area contributed by atoms with E-state index < -0.39 is 0 Å². The van der Waals surface area contributed by atoms with Gasteiger partial charge < -0.3 is 19.8 Å². The number of H-pyrrole nitrogens is 1. The molecule has 1 amide bonds. The molecule has 0 spiro atoms. The lowest BCUT2D eigenvalue weighted by molar-refractivity contribution is -0.111. The zero-order chi connectivity index (χ0) is 21.1. The van der Waals surface area contributed by atoms with Gasteiger partial charge in [-0.05, 0) is 47.9 Å². The predicted octanol–water partition coefficient (Wildman–Crippen LogP) is 5.55. The van der Waals surface area contributed by atoms with Crippen molar-refractivity contribution in [1.82, 2.24) is 4.98 Å². The van der Waals surface area contributed by atoms with Crippen molar-refractivity contribution in [2.45, 2.75) is 13.3 Å². The Morgan fingerprint density at radius 3 is 2.60 bits per heavy atom. The average molecular weight is 400 g/mol. The Bertz CT molecular complexity index is 1250. The lowest BCUT2D eigenvalue weighted by Crippen LogP contribution is -2.07. The molecule has 1 aromatic heterocycles. The van der Waals surface area contributed by atoms with E-state index in [0.29, 0.717) is 11.5 Å². The minimum atomic E-state index is -0.200. The molecule has 0 bridgehead atoms. The SMILES string of the molecule is CCc1cccc2c1[nH]c1cc(NC(=O)/C=C/c3ccc(OC)c(OC)c3)ccc12. The fraction of sp³-hybridized carbons (Fsp3) is 0.160. The fourth-order valence-corrected chi connectivity index (χ4v) is 3.67. The van der Waals surface area contributed by atoms with Gasteiger partial charge in [-0.3, -0.25) is 4.79 Å². The van der Waals surface area contributed by atoms with Crippen LogP contribution in [0.2, 0.25) is 0 Å². The summed E-state index contributed by atoms with van der Waals surface area (Å²) < 4.78 is 10.5. The van der Waals surface area contributed by atoms with Crippen LogP contribution in [0.4, 0.5) is 5.69 Å². The maximum Gasteiger partial charge on any atom is 0.248 e. The van der Waals surface area contributed by atoms with E-state index in [2.05, 4.69) is 35.4 Å². The van der Waals surface area contributed by atoms with Crippen molar-refractivity contribution in [3.8, 4) is 11.5 Å². The Hall–Kier alpha value is -3.73. The Labute approximate surface area is 175 Å². The van der Waals surface area contributed by atoms with Crippen LogP contribution in [0, 0.1) is 0 Å². The van der Waals surface area contributed by atoms with Crippen molar-refractivity contribution in [3.05, 3.63) is 71.8 Å². The first-order valence-electron chi connectivity index (χ1n) is 9.87. The molecule has 5 nitrogen and oxygen atoms in total. The number of ether oxygens (including phenoxy) is 2. The number of aryl methyl sites for hydroxylation is 1. The van der Waals surface area contributed by atoms with Crippen molar-refractivity contribution in [3.63, 3.8) is 0 Å². The molecule has 0 unspecified atom stereocenters. The molecule has 4 rings (SSSR count). The second-order valence-corrected chi connectivity index (χ2v) is 7.02. The van der Waals surface area contributed by atoms with E-state index in [9.17, 15) is 4.79 Å².